The smallest absolute Gasteiger partial charge is 0.114 e. The second-order valence-electron chi connectivity index (χ2n) is 4.59. The van der Waals surface area contributed by atoms with Crippen molar-refractivity contribution in [2.24, 2.45) is 5.73 Å². The van der Waals surface area contributed by atoms with Gasteiger partial charge in [-0.3, -0.25) is 4.90 Å². The van der Waals surface area contributed by atoms with Gasteiger partial charge in [0.2, 0.25) is 0 Å². The van der Waals surface area contributed by atoms with Gasteiger partial charge in [-0.15, -0.1) is 0 Å². The molecule has 2 N–H and O–H groups in total. The van der Waals surface area contributed by atoms with Crippen LogP contribution in [0.2, 0.25) is 0 Å². The number of hydrogen-bond donors (Lipinski definition) is 1. The molecule has 14 heavy (non-hydrogen) atoms. The molecule has 1 aliphatic rings. The third kappa shape index (κ3) is 2.95. The fraction of sp³-hybridized carbons (Fsp3) is 0.900. The minimum atomic E-state index is -0.713. The summed E-state index contributed by atoms with van der Waals surface area (Å²) in [6.45, 7) is 7.73. The van der Waals surface area contributed by atoms with Crippen LogP contribution < -0.4 is 5.73 Å². The maximum absolute atomic E-state index is 8.83. The predicted octanol–water partition coefficient (Wildman–Crippen LogP) is -0.137. The van der Waals surface area contributed by atoms with Gasteiger partial charge < -0.3 is 10.6 Å². The highest BCUT2D eigenvalue weighted by Crippen LogP contribution is 2.09. The van der Waals surface area contributed by atoms with Gasteiger partial charge in [-0.2, -0.15) is 5.26 Å². The fourth-order valence-electron chi connectivity index (χ4n) is 1.77. The molecule has 4 heteroatoms. The zero-order chi connectivity index (χ0) is 10.8. The maximum Gasteiger partial charge on any atom is 0.114 e. The Balaban J connectivity index is 2.45. The monoisotopic (exact) mass is 196 g/mol. The van der Waals surface area contributed by atoms with Crippen LogP contribution in [0.15, 0.2) is 0 Å². The molecule has 2 unspecified atom stereocenters. The molecule has 1 saturated heterocycles. The van der Waals surface area contributed by atoms with Crippen molar-refractivity contribution in [2.45, 2.75) is 25.4 Å². The summed E-state index contributed by atoms with van der Waals surface area (Å²) in [5.74, 6) is 0. The van der Waals surface area contributed by atoms with Crippen LogP contribution in [0.4, 0.5) is 0 Å². The quantitative estimate of drug-likeness (QED) is 0.668. The Morgan fingerprint density at radius 2 is 2.21 bits per heavy atom. The molecule has 1 rings (SSSR count). The van der Waals surface area contributed by atoms with Gasteiger partial charge in [-0.1, -0.05) is 0 Å². The zero-order valence-corrected chi connectivity index (χ0v) is 9.32. The first-order valence-electron chi connectivity index (χ1n) is 5.07. The average Bonchev–Trinajstić information content (AvgIpc) is 2.11. The van der Waals surface area contributed by atoms with E-state index in [1.54, 1.807) is 6.92 Å². The van der Waals surface area contributed by atoms with Gasteiger partial charge in [0.1, 0.15) is 5.54 Å². The van der Waals surface area contributed by atoms with Crippen molar-refractivity contribution in [3.05, 3.63) is 0 Å². The van der Waals surface area contributed by atoms with Crippen molar-refractivity contribution in [3.63, 3.8) is 0 Å². The minimum absolute atomic E-state index is 0.554. The first-order valence-corrected chi connectivity index (χ1v) is 5.07. The number of hydrogen-bond acceptors (Lipinski definition) is 4. The van der Waals surface area contributed by atoms with Gasteiger partial charge in [0.25, 0.3) is 0 Å². The summed E-state index contributed by atoms with van der Waals surface area (Å²) in [5, 5.41) is 8.83. The van der Waals surface area contributed by atoms with Crippen LogP contribution in [-0.4, -0.2) is 54.6 Å². The summed E-state index contributed by atoms with van der Waals surface area (Å²) in [4.78, 5) is 4.60. The molecule has 0 aromatic carbocycles. The highest BCUT2D eigenvalue weighted by atomic mass is 15.3. The van der Waals surface area contributed by atoms with Crippen LogP contribution in [-0.2, 0) is 0 Å². The summed E-state index contributed by atoms with van der Waals surface area (Å²) in [6, 6.07) is 2.69. The largest absolute Gasteiger partial charge is 0.313 e. The number of likely N-dealkylation sites (N-methyl/N-ethyl adjacent to an activating group) is 1. The first-order chi connectivity index (χ1) is 6.44. The Morgan fingerprint density at radius 1 is 1.57 bits per heavy atom. The minimum Gasteiger partial charge on any atom is -0.313 e. The predicted molar refractivity (Wildman–Crippen MR) is 56.7 cm³/mol. The van der Waals surface area contributed by atoms with Crippen molar-refractivity contribution < 1.29 is 0 Å². The van der Waals surface area contributed by atoms with E-state index in [4.69, 9.17) is 11.0 Å². The number of piperazine rings is 1. The second kappa shape index (κ2) is 4.26. The highest BCUT2D eigenvalue weighted by Gasteiger charge is 2.26. The number of rotatable bonds is 2. The fourth-order valence-corrected chi connectivity index (χ4v) is 1.77. The standard InChI is InChI=1S/C10H20N4/c1-9-6-14(5-4-13(9)3)8-10(2,12)7-11/h9H,4-6,8,12H2,1-3H3. The summed E-state index contributed by atoms with van der Waals surface area (Å²) in [5.41, 5.74) is 5.10. The molecule has 0 aromatic heterocycles. The molecule has 0 spiro atoms. The van der Waals surface area contributed by atoms with Crippen molar-refractivity contribution in [1.29, 1.82) is 5.26 Å². The molecular weight excluding hydrogens is 176 g/mol. The van der Waals surface area contributed by atoms with E-state index in [1.165, 1.54) is 0 Å². The molecule has 0 aromatic rings. The maximum atomic E-state index is 8.83. The number of nitrogens with two attached hydrogens (primary N) is 1. The summed E-state index contributed by atoms with van der Waals surface area (Å²) < 4.78 is 0. The molecule has 1 aliphatic heterocycles. The Hall–Kier alpha value is -0.630. The summed E-state index contributed by atoms with van der Waals surface area (Å²) in [6.07, 6.45) is 0. The summed E-state index contributed by atoms with van der Waals surface area (Å²) in [7, 11) is 2.13. The molecule has 0 radical (unpaired) electrons. The highest BCUT2D eigenvalue weighted by molar-refractivity contribution is 5.03. The lowest BCUT2D eigenvalue weighted by Crippen LogP contribution is -2.55. The Labute approximate surface area is 86.3 Å². The van der Waals surface area contributed by atoms with E-state index in [-0.39, 0.29) is 0 Å². The lowest BCUT2D eigenvalue weighted by atomic mass is 10.0. The third-order valence-corrected chi connectivity index (χ3v) is 2.85. The van der Waals surface area contributed by atoms with E-state index < -0.39 is 5.54 Å². The van der Waals surface area contributed by atoms with Crippen molar-refractivity contribution in [3.8, 4) is 6.07 Å². The van der Waals surface area contributed by atoms with Crippen LogP contribution in [0.5, 0.6) is 0 Å². The van der Waals surface area contributed by atoms with Crippen LogP contribution in [0.1, 0.15) is 13.8 Å². The van der Waals surface area contributed by atoms with Gasteiger partial charge in [0, 0.05) is 32.2 Å². The average molecular weight is 196 g/mol. The van der Waals surface area contributed by atoms with E-state index in [2.05, 4.69) is 29.8 Å². The molecule has 0 aliphatic carbocycles. The number of nitriles is 1. The Kier molecular flexibility index (Phi) is 3.48. The van der Waals surface area contributed by atoms with Crippen molar-refractivity contribution >= 4 is 0 Å². The molecule has 0 bridgehead atoms. The van der Waals surface area contributed by atoms with Crippen molar-refractivity contribution in [1.82, 2.24) is 9.80 Å². The molecule has 0 saturated carbocycles. The van der Waals surface area contributed by atoms with Gasteiger partial charge in [-0.25, -0.2) is 0 Å². The van der Waals surface area contributed by atoms with Crippen LogP contribution in [0, 0.1) is 11.3 Å². The normalized spacial score (nSPS) is 29.5. The van der Waals surface area contributed by atoms with Gasteiger partial charge in [-0.05, 0) is 20.9 Å². The van der Waals surface area contributed by atoms with E-state index in [0.29, 0.717) is 12.6 Å². The Bertz CT molecular complexity index is 231. The topological polar surface area (TPSA) is 56.3 Å². The Morgan fingerprint density at radius 3 is 2.71 bits per heavy atom. The van der Waals surface area contributed by atoms with Gasteiger partial charge in [0.15, 0.2) is 0 Å². The summed E-state index contributed by atoms with van der Waals surface area (Å²) >= 11 is 0. The van der Waals surface area contributed by atoms with E-state index in [1.807, 2.05) is 0 Å². The van der Waals surface area contributed by atoms with Crippen LogP contribution in [0.25, 0.3) is 0 Å². The van der Waals surface area contributed by atoms with Crippen LogP contribution >= 0.6 is 0 Å². The van der Waals surface area contributed by atoms with Gasteiger partial charge in [0.05, 0.1) is 6.07 Å². The molecule has 2 atom stereocenters. The molecule has 0 amide bonds. The van der Waals surface area contributed by atoms with Crippen molar-refractivity contribution in [2.75, 3.05) is 33.2 Å². The molecular formula is C10H20N4. The van der Waals surface area contributed by atoms with Crippen LogP contribution in [0.3, 0.4) is 0 Å². The molecule has 80 valence electrons. The van der Waals surface area contributed by atoms with E-state index in [0.717, 1.165) is 19.6 Å². The lowest BCUT2D eigenvalue weighted by molar-refractivity contribution is 0.0956. The van der Waals surface area contributed by atoms with E-state index >= 15 is 0 Å². The van der Waals surface area contributed by atoms with E-state index in [9.17, 15) is 0 Å². The SMILES string of the molecule is CC1CN(CC(C)(N)C#N)CCN1C. The number of nitrogens with zero attached hydrogens (tertiary/aromatic N) is 3. The first kappa shape index (κ1) is 11.4. The third-order valence-electron chi connectivity index (χ3n) is 2.85. The lowest BCUT2D eigenvalue weighted by Gasteiger charge is -2.39. The molecule has 1 fully saturated rings. The molecule has 1 heterocycles. The van der Waals surface area contributed by atoms with Gasteiger partial charge >= 0.3 is 0 Å². The zero-order valence-electron chi connectivity index (χ0n) is 9.32. The molecule has 4 nitrogen and oxygen atoms in total. The second-order valence-corrected chi connectivity index (χ2v) is 4.59.